The van der Waals surface area contributed by atoms with Gasteiger partial charge in [-0.3, -0.25) is 9.36 Å². The quantitative estimate of drug-likeness (QED) is 0.756. The van der Waals surface area contributed by atoms with Crippen molar-refractivity contribution in [3.8, 4) is 10.8 Å². The predicted octanol–water partition coefficient (Wildman–Crippen LogP) is 3.37. The first-order valence-corrected chi connectivity index (χ1v) is 7.99. The van der Waals surface area contributed by atoms with Gasteiger partial charge in [0.1, 0.15) is 10.8 Å². The first-order valence-electron chi connectivity index (χ1n) is 7.11. The van der Waals surface area contributed by atoms with Gasteiger partial charge < -0.3 is 10.4 Å². The molecule has 0 saturated heterocycles. The Morgan fingerprint density at radius 1 is 1.22 bits per heavy atom. The van der Waals surface area contributed by atoms with Gasteiger partial charge in [-0.15, -0.1) is 11.3 Å². The lowest BCUT2D eigenvalue weighted by molar-refractivity contribution is 0.473. The molecule has 4 nitrogen and oxygen atoms in total. The predicted molar refractivity (Wildman–Crippen MR) is 93.9 cm³/mol. The number of aromatic nitrogens is 1. The molecule has 0 bridgehead atoms. The van der Waals surface area contributed by atoms with Crippen molar-refractivity contribution in [2.24, 2.45) is 0 Å². The second-order valence-electron chi connectivity index (χ2n) is 5.08. The molecule has 0 amide bonds. The molecule has 0 saturated carbocycles. The van der Waals surface area contributed by atoms with Gasteiger partial charge in [-0.05, 0) is 17.7 Å². The van der Waals surface area contributed by atoms with Crippen molar-refractivity contribution in [2.75, 3.05) is 0 Å². The van der Waals surface area contributed by atoms with Crippen LogP contribution in [0.2, 0.25) is 0 Å². The van der Waals surface area contributed by atoms with Crippen LogP contribution in [-0.4, -0.2) is 9.67 Å². The molecule has 1 aromatic carbocycles. The fourth-order valence-corrected chi connectivity index (χ4v) is 3.08. The van der Waals surface area contributed by atoms with Gasteiger partial charge in [-0.2, -0.15) is 0 Å². The fraction of sp³-hybridized carbons (Fsp3) is 0.0556. The van der Waals surface area contributed by atoms with Crippen LogP contribution >= 0.6 is 11.3 Å². The van der Waals surface area contributed by atoms with E-state index in [9.17, 15) is 9.90 Å². The third kappa shape index (κ3) is 3.52. The largest absolute Gasteiger partial charge is 0.508 e. The van der Waals surface area contributed by atoms with E-state index < -0.39 is 0 Å². The zero-order valence-electron chi connectivity index (χ0n) is 12.4. The molecular formula is C18H16N2O2S. The summed E-state index contributed by atoms with van der Waals surface area (Å²) in [6.07, 6.45) is 1.56. The average Bonchev–Trinajstić information content (AvgIpc) is 3.03. The average molecular weight is 324 g/mol. The SMILES string of the molecule is C=C(NCc1ccccc1)c1csc(-n2ccc(O)cc2=O)c1. The van der Waals surface area contributed by atoms with Gasteiger partial charge in [0.2, 0.25) is 0 Å². The van der Waals surface area contributed by atoms with Crippen LogP contribution in [0.3, 0.4) is 0 Å². The maximum absolute atomic E-state index is 11.9. The summed E-state index contributed by atoms with van der Waals surface area (Å²) in [7, 11) is 0. The molecule has 2 aromatic heterocycles. The van der Waals surface area contributed by atoms with Crippen LogP contribution in [0.15, 0.2) is 71.5 Å². The van der Waals surface area contributed by atoms with Gasteiger partial charge in [-0.25, -0.2) is 0 Å². The van der Waals surface area contributed by atoms with E-state index >= 15 is 0 Å². The molecule has 0 unspecified atom stereocenters. The zero-order chi connectivity index (χ0) is 16.2. The summed E-state index contributed by atoms with van der Waals surface area (Å²) in [5.74, 6) is -0.0306. The molecule has 116 valence electrons. The van der Waals surface area contributed by atoms with Crippen molar-refractivity contribution in [1.29, 1.82) is 0 Å². The molecule has 0 fully saturated rings. The van der Waals surface area contributed by atoms with E-state index in [-0.39, 0.29) is 11.3 Å². The molecule has 2 heterocycles. The highest BCUT2D eigenvalue weighted by atomic mass is 32.1. The maximum atomic E-state index is 11.9. The van der Waals surface area contributed by atoms with Crippen LogP contribution in [-0.2, 0) is 6.54 Å². The Kier molecular flexibility index (Phi) is 4.30. The summed E-state index contributed by atoms with van der Waals surface area (Å²) in [5, 5.41) is 15.3. The number of aromatic hydroxyl groups is 1. The highest BCUT2D eigenvalue weighted by Crippen LogP contribution is 2.22. The standard InChI is InChI=1S/C18H16N2O2S/c1-13(19-11-14-5-3-2-4-6-14)15-9-18(23-12-15)20-8-7-16(21)10-17(20)22/h2-10,12,19,21H,1,11H2. The van der Waals surface area contributed by atoms with Crippen LogP contribution < -0.4 is 10.9 Å². The van der Waals surface area contributed by atoms with E-state index in [1.165, 1.54) is 33.6 Å². The van der Waals surface area contributed by atoms with E-state index in [0.717, 1.165) is 16.3 Å². The van der Waals surface area contributed by atoms with E-state index in [1.807, 2.05) is 29.6 Å². The van der Waals surface area contributed by atoms with Gasteiger partial charge in [0.15, 0.2) is 0 Å². The Hall–Kier alpha value is -2.79. The molecule has 23 heavy (non-hydrogen) atoms. The molecule has 3 rings (SSSR count). The number of nitrogens with zero attached hydrogens (tertiary/aromatic N) is 1. The second kappa shape index (κ2) is 6.54. The molecule has 3 aromatic rings. The number of nitrogens with one attached hydrogen (secondary N) is 1. The molecule has 0 aliphatic rings. The van der Waals surface area contributed by atoms with Crippen molar-refractivity contribution in [2.45, 2.75) is 6.54 Å². The van der Waals surface area contributed by atoms with Crippen molar-refractivity contribution < 1.29 is 5.11 Å². The van der Waals surface area contributed by atoms with Crippen LogP contribution in [0.25, 0.3) is 10.7 Å². The van der Waals surface area contributed by atoms with Crippen molar-refractivity contribution in [1.82, 2.24) is 9.88 Å². The molecule has 0 radical (unpaired) electrons. The van der Waals surface area contributed by atoms with E-state index in [4.69, 9.17) is 0 Å². The van der Waals surface area contributed by atoms with Gasteiger partial charge in [-0.1, -0.05) is 36.9 Å². The monoisotopic (exact) mass is 324 g/mol. The number of hydrogen-bond acceptors (Lipinski definition) is 4. The highest BCUT2D eigenvalue weighted by Gasteiger charge is 2.07. The topological polar surface area (TPSA) is 54.3 Å². The summed E-state index contributed by atoms with van der Waals surface area (Å²) in [6, 6.07) is 14.7. The van der Waals surface area contributed by atoms with Gasteiger partial charge in [0.25, 0.3) is 5.56 Å². The Morgan fingerprint density at radius 3 is 2.74 bits per heavy atom. The third-order valence-corrected chi connectivity index (χ3v) is 4.35. The molecular weight excluding hydrogens is 308 g/mol. The van der Waals surface area contributed by atoms with Crippen molar-refractivity contribution in [3.63, 3.8) is 0 Å². The van der Waals surface area contributed by atoms with Gasteiger partial charge >= 0.3 is 0 Å². The Labute approximate surface area is 138 Å². The zero-order valence-corrected chi connectivity index (χ0v) is 13.2. The van der Waals surface area contributed by atoms with Crippen molar-refractivity contribution in [3.05, 3.63) is 88.2 Å². The highest BCUT2D eigenvalue weighted by molar-refractivity contribution is 7.12. The van der Waals surface area contributed by atoms with Crippen LogP contribution in [0.4, 0.5) is 0 Å². The van der Waals surface area contributed by atoms with Gasteiger partial charge in [0, 0.05) is 35.4 Å². The Balaban J connectivity index is 1.73. The van der Waals surface area contributed by atoms with Crippen LogP contribution in [0, 0.1) is 0 Å². The molecule has 0 aliphatic carbocycles. The lowest BCUT2D eigenvalue weighted by atomic mass is 10.2. The number of pyridine rings is 1. The number of thiophene rings is 1. The molecule has 2 N–H and O–H groups in total. The lowest BCUT2D eigenvalue weighted by Gasteiger charge is -2.08. The van der Waals surface area contributed by atoms with Crippen molar-refractivity contribution >= 4 is 17.0 Å². The maximum Gasteiger partial charge on any atom is 0.259 e. The summed E-state index contributed by atoms with van der Waals surface area (Å²) >= 11 is 1.45. The number of rotatable bonds is 5. The molecule has 0 atom stereocenters. The van der Waals surface area contributed by atoms with E-state index in [2.05, 4.69) is 24.0 Å². The number of hydrogen-bond donors (Lipinski definition) is 2. The number of benzene rings is 1. The molecule has 0 aliphatic heterocycles. The smallest absolute Gasteiger partial charge is 0.259 e. The minimum atomic E-state index is -0.263. The fourth-order valence-electron chi connectivity index (χ4n) is 2.17. The summed E-state index contributed by atoms with van der Waals surface area (Å²) in [5.41, 5.74) is 2.67. The van der Waals surface area contributed by atoms with E-state index in [0.29, 0.717) is 6.54 Å². The molecule has 0 spiro atoms. The van der Waals surface area contributed by atoms with Gasteiger partial charge in [0.05, 0.1) is 0 Å². The normalized spacial score (nSPS) is 10.4. The third-order valence-electron chi connectivity index (χ3n) is 3.42. The van der Waals surface area contributed by atoms with Crippen LogP contribution in [0.1, 0.15) is 11.1 Å². The molecule has 5 heteroatoms. The first-order chi connectivity index (χ1) is 11.1. The summed E-state index contributed by atoms with van der Waals surface area (Å²) in [6.45, 7) is 4.75. The Morgan fingerprint density at radius 2 is 2.00 bits per heavy atom. The first kappa shape index (κ1) is 15.1. The second-order valence-corrected chi connectivity index (χ2v) is 5.97. The van der Waals surface area contributed by atoms with E-state index in [1.54, 1.807) is 6.20 Å². The lowest BCUT2D eigenvalue weighted by Crippen LogP contribution is -2.14. The summed E-state index contributed by atoms with van der Waals surface area (Å²) in [4.78, 5) is 11.9. The van der Waals surface area contributed by atoms with Crippen LogP contribution in [0.5, 0.6) is 5.75 Å². The summed E-state index contributed by atoms with van der Waals surface area (Å²) < 4.78 is 1.50. The minimum Gasteiger partial charge on any atom is -0.508 e. The Bertz CT molecular complexity index is 881. The minimum absolute atomic E-state index is 0.0306.